The number of hydrogen-bond donors (Lipinski definition) is 2. The summed E-state index contributed by atoms with van der Waals surface area (Å²) in [6.07, 6.45) is 0.667. The van der Waals surface area contributed by atoms with E-state index < -0.39 is 0 Å². The molecule has 0 radical (unpaired) electrons. The monoisotopic (exact) mass is 255 g/mol. The molecule has 0 aromatic heterocycles. The lowest BCUT2D eigenvalue weighted by Crippen LogP contribution is -2.43. The van der Waals surface area contributed by atoms with Gasteiger partial charge in [0.15, 0.2) is 0 Å². The van der Waals surface area contributed by atoms with E-state index in [1.807, 2.05) is 12.1 Å². The van der Waals surface area contributed by atoms with E-state index in [1.165, 1.54) is 0 Å². The van der Waals surface area contributed by atoms with E-state index in [0.717, 1.165) is 24.2 Å². The van der Waals surface area contributed by atoms with Crippen molar-refractivity contribution in [3.8, 4) is 0 Å². The average Bonchev–Trinajstić information content (AvgIpc) is 2.32. The number of piperidine rings is 1. The lowest BCUT2D eigenvalue weighted by molar-refractivity contribution is 0.103. The fourth-order valence-electron chi connectivity index (χ4n) is 2.26. The molecule has 2 unspecified atom stereocenters. The molecule has 3 nitrogen and oxygen atoms in total. The van der Waals surface area contributed by atoms with Gasteiger partial charge in [0.25, 0.3) is 0 Å². The number of hydrogen-bond acceptors (Lipinski definition) is 3. The highest BCUT2D eigenvalue weighted by Gasteiger charge is 2.25. The first-order valence-corrected chi connectivity index (χ1v) is 6.32. The van der Waals surface area contributed by atoms with Gasteiger partial charge in [-0.25, -0.2) is 0 Å². The van der Waals surface area contributed by atoms with Gasteiger partial charge in [0, 0.05) is 29.4 Å². The minimum absolute atomic E-state index is 0.0297. The first-order chi connectivity index (χ1) is 8.11. The third-order valence-electron chi connectivity index (χ3n) is 3.47. The minimum atomic E-state index is -0.300. The van der Waals surface area contributed by atoms with Crippen LogP contribution in [0.25, 0.3) is 0 Å². The second kappa shape index (κ2) is 5.25. The number of nitrogens with zero attached hydrogens (tertiary/aromatic N) is 1. The smallest absolute Gasteiger partial charge is 0.0741 e. The zero-order valence-corrected chi connectivity index (χ0v) is 10.7. The van der Waals surface area contributed by atoms with Gasteiger partial charge in [-0.05, 0) is 30.5 Å². The standard InChI is InChI=1S/C13H18ClNO2/c1-9-4-5-15(7-13(9)17)12-3-2-11(14)6-10(12)8-16/h2-3,6,9,13,16-17H,4-5,7-8H2,1H3. The predicted molar refractivity (Wildman–Crippen MR) is 69.4 cm³/mol. The average molecular weight is 256 g/mol. The van der Waals surface area contributed by atoms with Crippen molar-refractivity contribution in [1.29, 1.82) is 0 Å². The third-order valence-corrected chi connectivity index (χ3v) is 3.71. The van der Waals surface area contributed by atoms with Gasteiger partial charge in [0.2, 0.25) is 0 Å². The van der Waals surface area contributed by atoms with Gasteiger partial charge in [0.05, 0.1) is 12.7 Å². The van der Waals surface area contributed by atoms with E-state index >= 15 is 0 Å². The molecule has 1 aromatic rings. The lowest BCUT2D eigenvalue weighted by Gasteiger charge is -2.36. The second-order valence-electron chi connectivity index (χ2n) is 4.71. The van der Waals surface area contributed by atoms with E-state index in [1.54, 1.807) is 6.07 Å². The molecule has 2 atom stereocenters. The summed E-state index contributed by atoms with van der Waals surface area (Å²) in [6.45, 7) is 3.57. The van der Waals surface area contributed by atoms with E-state index in [2.05, 4.69) is 11.8 Å². The fourth-order valence-corrected chi connectivity index (χ4v) is 2.45. The zero-order valence-electron chi connectivity index (χ0n) is 9.93. The number of anilines is 1. The van der Waals surface area contributed by atoms with Crippen LogP contribution < -0.4 is 4.90 Å². The van der Waals surface area contributed by atoms with Crippen molar-refractivity contribution >= 4 is 17.3 Å². The highest BCUT2D eigenvalue weighted by Crippen LogP contribution is 2.28. The summed E-state index contributed by atoms with van der Waals surface area (Å²) >= 11 is 5.91. The SMILES string of the molecule is CC1CCN(c2ccc(Cl)cc2CO)CC1O. The van der Waals surface area contributed by atoms with Gasteiger partial charge >= 0.3 is 0 Å². The highest BCUT2D eigenvalue weighted by atomic mass is 35.5. The van der Waals surface area contributed by atoms with Crippen LogP contribution in [-0.2, 0) is 6.61 Å². The van der Waals surface area contributed by atoms with Crippen LogP contribution in [0.4, 0.5) is 5.69 Å². The van der Waals surface area contributed by atoms with Crippen molar-refractivity contribution in [1.82, 2.24) is 0 Å². The Morgan fingerprint density at radius 1 is 1.47 bits per heavy atom. The number of aliphatic hydroxyl groups excluding tert-OH is 2. The lowest BCUT2D eigenvalue weighted by atomic mass is 9.95. The molecule has 17 heavy (non-hydrogen) atoms. The molecule has 94 valence electrons. The van der Waals surface area contributed by atoms with E-state index in [9.17, 15) is 10.2 Å². The Balaban J connectivity index is 2.22. The molecule has 1 aromatic carbocycles. The predicted octanol–water partition coefficient (Wildman–Crippen LogP) is 2.04. The van der Waals surface area contributed by atoms with Crippen LogP contribution in [0, 0.1) is 5.92 Å². The Morgan fingerprint density at radius 3 is 2.88 bits per heavy atom. The van der Waals surface area contributed by atoms with Gasteiger partial charge in [-0.2, -0.15) is 0 Å². The zero-order chi connectivity index (χ0) is 12.4. The van der Waals surface area contributed by atoms with Crippen molar-refractivity contribution in [2.24, 2.45) is 5.92 Å². The molecule has 2 rings (SSSR count). The highest BCUT2D eigenvalue weighted by molar-refractivity contribution is 6.30. The normalized spacial score (nSPS) is 25.1. The molecule has 2 N–H and O–H groups in total. The Kier molecular flexibility index (Phi) is 3.92. The Bertz CT molecular complexity index is 397. The molecule has 0 bridgehead atoms. The topological polar surface area (TPSA) is 43.7 Å². The molecule has 1 aliphatic rings. The van der Waals surface area contributed by atoms with Crippen molar-refractivity contribution in [3.05, 3.63) is 28.8 Å². The van der Waals surface area contributed by atoms with E-state index in [-0.39, 0.29) is 12.7 Å². The molecular weight excluding hydrogens is 238 g/mol. The molecule has 0 amide bonds. The first kappa shape index (κ1) is 12.7. The number of halogens is 1. The van der Waals surface area contributed by atoms with Crippen LogP contribution in [0.1, 0.15) is 18.9 Å². The minimum Gasteiger partial charge on any atom is -0.392 e. The fraction of sp³-hybridized carbons (Fsp3) is 0.538. The van der Waals surface area contributed by atoms with Crippen molar-refractivity contribution in [3.63, 3.8) is 0 Å². The summed E-state index contributed by atoms with van der Waals surface area (Å²) in [7, 11) is 0. The Labute approximate surface area is 107 Å². The summed E-state index contributed by atoms with van der Waals surface area (Å²) in [6, 6.07) is 5.51. The van der Waals surface area contributed by atoms with Gasteiger partial charge < -0.3 is 15.1 Å². The molecule has 0 spiro atoms. The van der Waals surface area contributed by atoms with Gasteiger partial charge in [-0.3, -0.25) is 0 Å². The van der Waals surface area contributed by atoms with Crippen LogP contribution >= 0.6 is 11.6 Å². The Morgan fingerprint density at radius 2 is 2.24 bits per heavy atom. The summed E-state index contributed by atoms with van der Waals surface area (Å²) < 4.78 is 0. The largest absolute Gasteiger partial charge is 0.392 e. The molecule has 4 heteroatoms. The first-order valence-electron chi connectivity index (χ1n) is 5.94. The van der Waals surface area contributed by atoms with Gasteiger partial charge in [-0.1, -0.05) is 18.5 Å². The summed E-state index contributed by atoms with van der Waals surface area (Å²) in [5.41, 5.74) is 1.79. The Hall–Kier alpha value is -0.770. The van der Waals surface area contributed by atoms with Gasteiger partial charge in [0.1, 0.15) is 0 Å². The van der Waals surface area contributed by atoms with Crippen molar-refractivity contribution < 1.29 is 10.2 Å². The molecule has 1 heterocycles. The van der Waals surface area contributed by atoms with E-state index in [0.29, 0.717) is 17.5 Å². The maximum absolute atomic E-state index is 9.90. The molecule has 1 fully saturated rings. The van der Waals surface area contributed by atoms with Crippen LogP contribution in [0.3, 0.4) is 0 Å². The van der Waals surface area contributed by atoms with Gasteiger partial charge in [-0.15, -0.1) is 0 Å². The maximum Gasteiger partial charge on any atom is 0.0741 e. The third kappa shape index (κ3) is 2.73. The molecule has 1 saturated heterocycles. The maximum atomic E-state index is 9.90. The number of benzene rings is 1. The van der Waals surface area contributed by atoms with E-state index in [4.69, 9.17) is 11.6 Å². The van der Waals surface area contributed by atoms with Crippen LogP contribution in [0.2, 0.25) is 5.02 Å². The summed E-state index contributed by atoms with van der Waals surface area (Å²) in [4.78, 5) is 2.12. The summed E-state index contributed by atoms with van der Waals surface area (Å²) in [5, 5.41) is 19.9. The number of rotatable bonds is 2. The number of aliphatic hydroxyl groups is 2. The van der Waals surface area contributed by atoms with Crippen LogP contribution in [0.15, 0.2) is 18.2 Å². The quantitative estimate of drug-likeness (QED) is 0.850. The number of β-amino-alcohol motifs (C(OH)–C–C–N with tert-alkyl or cyclic N) is 1. The second-order valence-corrected chi connectivity index (χ2v) is 5.15. The molecular formula is C13H18ClNO2. The van der Waals surface area contributed by atoms with Crippen molar-refractivity contribution in [2.75, 3.05) is 18.0 Å². The van der Waals surface area contributed by atoms with Crippen molar-refractivity contribution in [2.45, 2.75) is 26.1 Å². The van der Waals surface area contributed by atoms with Crippen LogP contribution in [-0.4, -0.2) is 29.4 Å². The molecule has 0 aliphatic carbocycles. The van der Waals surface area contributed by atoms with Crippen LogP contribution in [0.5, 0.6) is 0 Å². The molecule has 1 aliphatic heterocycles. The summed E-state index contributed by atoms with van der Waals surface area (Å²) in [5.74, 6) is 0.344. The molecule has 0 saturated carbocycles.